The molecule has 7 nitrogen and oxygen atoms in total. The van der Waals surface area contributed by atoms with Crippen LogP contribution in [0.25, 0.3) is 0 Å². The second kappa shape index (κ2) is 11.2. The van der Waals surface area contributed by atoms with Gasteiger partial charge in [-0.1, -0.05) is 81.4 Å². The molecule has 1 fully saturated rings. The Labute approximate surface area is 211 Å². The maximum atomic E-state index is 12.0. The Morgan fingerprint density at radius 2 is 1.23 bits per heavy atom. The van der Waals surface area contributed by atoms with Crippen molar-refractivity contribution in [2.75, 3.05) is 12.5 Å². The minimum Gasteiger partial charge on any atom is -0.407 e. The Morgan fingerprint density at radius 3 is 1.66 bits per heavy atom. The van der Waals surface area contributed by atoms with Crippen LogP contribution in [0.1, 0.15) is 40.0 Å². The monoisotopic (exact) mass is 540 g/mol. The van der Waals surface area contributed by atoms with Crippen molar-refractivity contribution in [2.24, 2.45) is 11.3 Å². The van der Waals surface area contributed by atoms with E-state index in [2.05, 4.69) is 45.0 Å². The molecule has 0 amide bonds. The van der Waals surface area contributed by atoms with Crippen LogP contribution < -0.4 is 10.4 Å². The van der Waals surface area contributed by atoms with Crippen molar-refractivity contribution in [3.05, 3.63) is 60.7 Å². The van der Waals surface area contributed by atoms with Crippen molar-refractivity contribution < 1.29 is 29.6 Å². The number of hydrogen-bond donors (Lipinski definition) is 0. The van der Waals surface area contributed by atoms with Gasteiger partial charge < -0.3 is 4.43 Å². The summed E-state index contributed by atoms with van der Waals surface area (Å²) in [6.07, 6.45) is 1.29. The van der Waals surface area contributed by atoms with Gasteiger partial charge in [0.05, 0.1) is 18.6 Å². The van der Waals surface area contributed by atoms with E-state index in [0.717, 1.165) is 22.9 Å². The van der Waals surface area contributed by atoms with Crippen molar-refractivity contribution in [3.63, 3.8) is 0 Å². The van der Waals surface area contributed by atoms with E-state index in [1.807, 2.05) is 36.4 Å². The quantitative estimate of drug-likeness (QED) is 0.356. The molecule has 10 heteroatoms. The fourth-order valence-electron chi connectivity index (χ4n) is 4.84. The molecule has 0 radical (unpaired) electrons. The van der Waals surface area contributed by atoms with Gasteiger partial charge in [0.2, 0.25) is 9.04 Å². The number of benzene rings is 2. The zero-order valence-corrected chi connectivity index (χ0v) is 23.7. The topological polar surface area (TPSA) is 96.0 Å². The van der Waals surface area contributed by atoms with Crippen LogP contribution in [0.2, 0.25) is 0 Å². The maximum Gasteiger partial charge on any atom is 0.264 e. The highest BCUT2D eigenvalue weighted by Crippen LogP contribution is 2.39. The molecule has 2 unspecified atom stereocenters. The molecule has 0 bridgehead atoms. The Bertz CT molecular complexity index is 1120. The molecule has 1 aliphatic carbocycles. The van der Waals surface area contributed by atoms with Gasteiger partial charge in [0.1, 0.15) is 12.2 Å². The Hall–Kier alpha value is -1.56. The molecular weight excluding hydrogens is 504 g/mol. The van der Waals surface area contributed by atoms with Gasteiger partial charge in [0, 0.05) is 0 Å². The van der Waals surface area contributed by atoms with Crippen LogP contribution in [0.3, 0.4) is 0 Å². The SMILES string of the molecule is CC(C)(C)C(O[SiH](c1ccccc1)c1ccccc1)C1CC[C@@H](OS(C)(=O)=O)[C@@H](OS(C)(=O)=O)C1. The summed E-state index contributed by atoms with van der Waals surface area (Å²) in [5.41, 5.74) is -0.250. The van der Waals surface area contributed by atoms with Crippen LogP contribution in [-0.2, 0) is 33.0 Å². The minimum atomic E-state index is -3.81. The van der Waals surface area contributed by atoms with Crippen molar-refractivity contribution >= 4 is 39.6 Å². The van der Waals surface area contributed by atoms with Crippen molar-refractivity contribution in [1.82, 2.24) is 0 Å². The van der Waals surface area contributed by atoms with E-state index in [4.69, 9.17) is 12.8 Å². The molecule has 35 heavy (non-hydrogen) atoms. The second-order valence-electron chi connectivity index (χ2n) is 10.4. The Kier molecular flexibility index (Phi) is 8.99. The molecule has 0 N–H and O–H groups in total. The number of hydrogen-bond acceptors (Lipinski definition) is 7. The first-order valence-electron chi connectivity index (χ1n) is 11.7. The third-order valence-electron chi connectivity index (χ3n) is 6.14. The van der Waals surface area contributed by atoms with Gasteiger partial charge in [0.15, 0.2) is 0 Å². The summed E-state index contributed by atoms with van der Waals surface area (Å²) in [5.74, 6) is -0.0383. The molecule has 0 saturated heterocycles. The van der Waals surface area contributed by atoms with Gasteiger partial charge >= 0.3 is 0 Å². The van der Waals surface area contributed by atoms with Gasteiger partial charge in [-0.2, -0.15) is 16.8 Å². The standard InChI is InChI=1S/C25H36O7S2Si/c1-25(2,3)24(32-35(20-12-8-6-9-13-20)21-14-10-7-11-15-21)19-16-17-22(30-33(4,26)27)23(18-19)31-34(5,28)29/h6-15,19,22-24,35H,16-18H2,1-5H3/t19?,22-,23+,24?/m1/s1. The maximum absolute atomic E-state index is 12.0. The second-order valence-corrected chi connectivity index (χ2v) is 15.9. The normalized spacial score (nSPS) is 22.7. The molecule has 1 aliphatic rings. The van der Waals surface area contributed by atoms with Crippen molar-refractivity contribution in [1.29, 1.82) is 0 Å². The highest BCUT2D eigenvalue weighted by molar-refractivity contribution is 7.86. The summed E-state index contributed by atoms with van der Waals surface area (Å²) in [6, 6.07) is 20.4. The van der Waals surface area contributed by atoms with Gasteiger partial charge in [-0.15, -0.1) is 0 Å². The molecule has 0 aromatic heterocycles. The van der Waals surface area contributed by atoms with Crippen LogP contribution >= 0.6 is 0 Å². The lowest BCUT2D eigenvalue weighted by molar-refractivity contribution is -0.0423. The van der Waals surface area contributed by atoms with Crippen LogP contribution in [-0.4, -0.2) is 56.7 Å². The fraction of sp³-hybridized carbons (Fsp3) is 0.520. The van der Waals surface area contributed by atoms with E-state index in [9.17, 15) is 16.8 Å². The van der Waals surface area contributed by atoms with Crippen LogP contribution in [0.15, 0.2) is 60.7 Å². The van der Waals surface area contributed by atoms with E-state index in [0.29, 0.717) is 19.3 Å². The van der Waals surface area contributed by atoms with E-state index >= 15 is 0 Å². The molecule has 2 aromatic carbocycles. The van der Waals surface area contributed by atoms with Crippen LogP contribution in [0.5, 0.6) is 0 Å². The van der Waals surface area contributed by atoms with Gasteiger partial charge in [-0.25, -0.2) is 0 Å². The lowest BCUT2D eigenvalue weighted by Gasteiger charge is -2.44. The zero-order chi connectivity index (χ0) is 25.9. The zero-order valence-electron chi connectivity index (χ0n) is 21.0. The molecule has 1 saturated carbocycles. The summed E-state index contributed by atoms with van der Waals surface area (Å²) < 4.78 is 65.1. The smallest absolute Gasteiger partial charge is 0.264 e. The summed E-state index contributed by atoms with van der Waals surface area (Å²) in [5, 5.41) is 2.32. The Balaban J connectivity index is 1.93. The minimum absolute atomic E-state index is 0.0383. The average Bonchev–Trinajstić information content (AvgIpc) is 2.74. The first-order valence-corrected chi connectivity index (χ1v) is 17.0. The third kappa shape index (κ3) is 8.51. The average molecular weight is 541 g/mol. The van der Waals surface area contributed by atoms with E-state index in [-0.39, 0.29) is 17.4 Å². The Morgan fingerprint density at radius 1 is 0.771 bits per heavy atom. The predicted molar refractivity (Wildman–Crippen MR) is 140 cm³/mol. The fourth-order valence-corrected chi connectivity index (χ4v) is 8.93. The molecule has 194 valence electrons. The molecule has 0 heterocycles. The van der Waals surface area contributed by atoms with Gasteiger partial charge in [0.25, 0.3) is 20.2 Å². The summed E-state index contributed by atoms with van der Waals surface area (Å²) >= 11 is 0. The lowest BCUT2D eigenvalue weighted by Crippen LogP contribution is -2.53. The molecule has 2 aromatic rings. The largest absolute Gasteiger partial charge is 0.407 e. The van der Waals surface area contributed by atoms with Gasteiger partial charge in [-0.3, -0.25) is 8.37 Å². The van der Waals surface area contributed by atoms with Crippen molar-refractivity contribution in [3.8, 4) is 0 Å². The highest BCUT2D eigenvalue weighted by Gasteiger charge is 2.43. The van der Waals surface area contributed by atoms with Crippen molar-refractivity contribution in [2.45, 2.75) is 58.3 Å². The summed E-state index contributed by atoms with van der Waals surface area (Å²) in [6.45, 7) is 6.35. The molecule has 0 aliphatic heterocycles. The number of rotatable bonds is 9. The third-order valence-corrected chi connectivity index (χ3v) is 9.88. The summed E-state index contributed by atoms with van der Waals surface area (Å²) in [4.78, 5) is 0. The van der Waals surface area contributed by atoms with E-state index in [1.165, 1.54) is 0 Å². The molecule has 0 spiro atoms. The molecule has 4 atom stereocenters. The first kappa shape index (κ1) is 28.0. The molecule has 3 rings (SSSR count). The lowest BCUT2D eigenvalue weighted by atomic mass is 9.73. The van der Waals surface area contributed by atoms with Crippen LogP contribution in [0, 0.1) is 11.3 Å². The van der Waals surface area contributed by atoms with Crippen LogP contribution in [0.4, 0.5) is 0 Å². The van der Waals surface area contributed by atoms with E-state index < -0.39 is 41.5 Å². The summed E-state index contributed by atoms with van der Waals surface area (Å²) in [7, 11) is -9.66. The first-order chi connectivity index (χ1) is 16.2. The van der Waals surface area contributed by atoms with E-state index in [1.54, 1.807) is 0 Å². The molecular formula is C25H36O7S2Si. The van der Waals surface area contributed by atoms with Gasteiger partial charge in [-0.05, 0) is 41.0 Å². The highest BCUT2D eigenvalue weighted by atomic mass is 32.2. The predicted octanol–water partition coefficient (Wildman–Crippen LogP) is 2.45.